The van der Waals surface area contributed by atoms with E-state index < -0.39 is 0 Å². The van der Waals surface area contributed by atoms with Gasteiger partial charge in [-0.3, -0.25) is 4.79 Å². The normalized spacial score (nSPS) is 17.2. The number of carbonyl (C=O) groups is 1. The van der Waals surface area contributed by atoms with Crippen LogP contribution in [0.15, 0.2) is 35.0 Å². The van der Waals surface area contributed by atoms with Crippen molar-refractivity contribution >= 4 is 39.9 Å². The SMILES string of the molecule is O=C(NCc1csc(-c2cccs2)n1)c1ccc(C2CCCO2)s1. The molecule has 24 heavy (non-hydrogen) atoms. The number of ether oxygens (including phenoxy) is 1. The highest BCUT2D eigenvalue weighted by Crippen LogP contribution is 2.33. The first-order valence-electron chi connectivity index (χ1n) is 7.77. The van der Waals surface area contributed by atoms with Crippen molar-refractivity contribution in [2.45, 2.75) is 25.5 Å². The van der Waals surface area contributed by atoms with Gasteiger partial charge in [0.1, 0.15) is 5.01 Å². The van der Waals surface area contributed by atoms with E-state index in [2.05, 4.69) is 16.4 Å². The average molecular weight is 377 g/mol. The van der Waals surface area contributed by atoms with Gasteiger partial charge in [-0.2, -0.15) is 0 Å². The van der Waals surface area contributed by atoms with Gasteiger partial charge < -0.3 is 10.1 Å². The van der Waals surface area contributed by atoms with Crippen molar-refractivity contribution < 1.29 is 9.53 Å². The second kappa shape index (κ2) is 7.14. The van der Waals surface area contributed by atoms with E-state index in [1.165, 1.54) is 11.3 Å². The molecule has 4 heterocycles. The molecule has 4 rings (SSSR count). The molecule has 0 aromatic carbocycles. The van der Waals surface area contributed by atoms with Crippen LogP contribution in [0.3, 0.4) is 0 Å². The van der Waals surface area contributed by atoms with E-state index in [-0.39, 0.29) is 12.0 Å². The summed E-state index contributed by atoms with van der Waals surface area (Å²) in [4.78, 5) is 19.9. The van der Waals surface area contributed by atoms with Crippen LogP contribution in [0.4, 0.5) is 0 Å². The summed E-state index contributed by atoms with van der Waals surface area (Å²) in [6, 6.07) is 7.97. The van der Waals surface area contributed by atoms with E-state index in [9.17, 15) is 4.79 Å². The fraction of sp³-hybridized carbons (Fsp3) is 0.294. The molecule has 1 fully saturated rings. The number of nitrogens with zero attached hydrogens (tertiary/aromatic N) is 1. The van der Waals surface area contributed by atoms with Crippen LogP contribution >= 0.6 is 34.0 Å². The van der Waals surface area contributed by atoms with Gasteiger partial charge in [0.05, 0.1) is 28.1 Å². The molecule has 0 spiro atoms. The first-order chi connectivity index (χ1) is 11.8. The van der Waals surface area contributed by atoms with Crippen molar-refractivity contribution in [3.8, 4) is 9.88 Å². The molecular formula is C17H16N2O2S3. The van der Waals surface area contributed by atoms with E-state index in [4.69, 9.17) is 4.74 Å². The zero-order chi connectivity index (χ0) is 16.4. The number of hydrogen-bond acceptors (Lipinski definition) is 6. The fourth-order valence-electron chi connectivity index (χ4n) is 2.61. The number of hydrogen-bond donors (Lipinski definition) is 1. The summed E-state index contributed by atoms with van der Waals surface area (Å²) < 4.78 is 5.67. The molecule has 1 saturated heterocycles. The quantitative estimate of drug-likeness (QED) is 0.701. The Morgan fingerprint density at radius 1 is 1.33 bits per heavy atom. The smallest absolute Gasteiger partial charge is 0.261 e. The Labute approximate surface area is 152 Å². The molecular weight excluding hydrogens is 360 g/mol. The lowest BCUT2D eigenvalue weighted by Crippen LogP contribution is -2.21. The van der Waals surface area contributed by atoms with Gasteiger partial charge in [-0.15, -0.1) is 34.0 Å². The molecule has 0 aliphatic carbocycles. The third kappa shape index (κ3) is 3.44. The topological polar surface area (TPSA) is 51.2 Å². The predicted molar refractivity (Wildman–Crippen MR) is 98.8 cm³/mol. The minimum Gasteiger partial charge on any atom is -0.373 e. The Bertz CT molecular complexity index is 817. The molecule has 4 nitrogen and oxygen atoms in total. The molecule has 124 valence electrons. The Kier molecular flexibility index (Phi) is 4.75. The molecule has 1 aliphatic rings. The Balaban J connectivity index is 1.36. The van der Waals surface area contributed by atoms with Crippen LogP contribution < -0.4 is 5.32 Å². The standard InChI is InChI=1S/C17H16N2O2S3/c20-16(14-6-5-13(24-14)12-3-1-7-21-12)18-9-11-10-23-17(19-11)15-4-2-8-22-15/h2,4-6,8,10,12H,1,3,7,9H2,(H,18,20). The fourth-order valence-corrected chi connectivity index (χ4v) is 5.25. The molecule has 1 N–H and O–H groups in total. The largest absolute Gasteiger partial charge is 0.373 e. The molecule has 1 amide bonds. The third-order valence-electron chi connectivity index (χ3n) is 3.81. The van der Waals surface area contributed by atoms with Gasteiger partial charge in [-0.05, 0) is 36.4 Å². The highest BCUT2D eigenvalue weighted by Gasteiger charge is 2.20. The van der Waals surface area contributed by atoms with Gasteiger partial charge in [-0.25, -0.2) is 4.98 Å². The van der Waals surface area contributed by atoms with Crippen LogP contribution in [0.1, 0.15) is 39.2 Å². The lowest BCUT2D eigenvalue weighted by atomic mass is 10.2. The number of nitrogens with one attached hydrogen (secondary N) is 1. The Hall–Kier alpha value is -1.54. The second-order valence-corrected chi connectivity index (χ2v) is 8.43. The lowest BCUT2D eigenvalue weighted by molar-refractivity contribution is 0.0954. The third-order valence-corrected chi connectivity index (χ3v) is 6.92. The maximum Gasteiger partial charge on any atom is 0.261 e. The zero-order valence-electron chi connectivity index (χ0n) is 12.9. The van der Waals surface area contributed by atoms with Gasteiger partial charge in [0.25, 0.3) is 5.91 Å². The molecule has 1 atom stereocenters. The van der Waals surface area contributed by atoms with Crippen LogP contribution in [-0.4, -0.2) is 17.5 Å². The summed E-state index contributed by atoms with van der Waals surface area (Å²) in [5.41, 5.74) is 0.896. The number of thiophene rings is 2. The summed E-state index contributed by atoms with van der Waals surface area (Å²) in [7, 11) is 0. The van der Waals surface area contributed by atoms with Gasteiger partial charge in [0.15, 0.2) is 0 Å². The molecule has 1 aliphatic heterocycles. The van der Waals surface area contributed by atoms with E-state index in [1.807, 2.05) is 29.0 Å². The average Bonchev–Trinajstić information content (AvgIpc) is 3.40. The van der Waals surface area contributed by atoms with Crippen molar-refractivity contribution in [3.05, 3.63) is 50.5 Å². The molecule has 0 bridgehead atoms. The summed E-state index contributed by atoms with van der Waals surface area (Å²) in [5.74, 6) is -0.0464. The van der Waals surface area contributed by atoms with Gasteiger partial charge in [0, 0.05) is 16.9 Å². The highest BCUT2D eigenvalue weighted by molar-refractivity contribution is 7.20. The minimum atomic E-state index is -0.0464. The maximum atomic E-state index is 12.3. The maximum absolute atomic E-state index is 12.3. The molecule has 0 radical (unpaired) electrons. The predicted octanol–water partition coefficient (Wildman–Crippen LogP) is 4.71. The van der Waals surface area contributed by atoms with Crippen molar-refractivity contribution in [1.82, 2.24) is 10.3 Å². The van der Waals surface area contributed by atoms with Gasteiger partial charge in [-0.1, -0.05) is 6.07 Å². The van der Waals surface area contributed by atoms with Crippen molar-refractivity contribution in [2.75, 3.05) is 6.61 Å². The van der Waals surface area contributed by atoms with Gasteiger partial charge >= 0.3 is 0 Å². The molecule has 0 saturated carbocycles. The van der Waals surface area contributed by atoms with Crippen LogP contribution in [0.25, 0.3) is 9.88 Å². The van der Waals surface area contributed by atoms with Crippen LogP contribution in [0.2, 0.25) is 0 Å². The number of carbonyl (C=O) groups excluding carboxylic acids is 1. The van der Waals surface area contributed by atoms with Crippen LogP contribution in [0, 0.1) is 0 Å². The number of rotatable bonds is 5. The molecule has 3 aromatic heterocycles. The summed E-state index contributed by atoms with van der Waals surface area (Å²) in [6.45, 7) is 1.27. The van der Waals surface area contributed by atoms with Crippen molar-refractivity contribution in [3.63, 3.8) is 0 Å². The van der Waals surface area contributed by atoms with Crippen LogP contribution in [0.5, 0.6) is 0 Å². The molecule has 1 unspecified atom stereocenters. The molecule has 3 aromatic rings. The zero-order valence-corrected chi connectivity index (χ0v) is 15.3. The number of aromatic nitrogens is 1. The number of thiazole rings is 1. The summed E-state index contributed by atoms with van der Waals surface area (Å²) in [5, 5.41) is 8.01. The molecule has 7 heteroatoms. The minimum absolute atomic E-state index is 0.0464. The number of amides is 1. The van der Waals surface area contributed by atoms with Crippen LogP contribution in [-0.2, 0) is 11.3 Å². The van der Waals surface area contributed by atoms with Crippen molar-refractivity contribution in [2.24, 2.45) is 0 Å². The van der Waals surface area contributed by atoms with E-state index in [0.717, 1.165) is 44.8 Å². The summed E-state index contributed by atoms with van der Waals surface area (Å²) in [6.07, 6.45) is 2.32. The Morgan fingerprint density at radius 2 is 2.29 bits per heavy atom. The van der Waals surface area contributed by atoms with E-state index in [0.29, 0.717) is 6.54 Å². The first kappa shape index (κ1) is 16.0. The highest BCUT2D eigenvalue weighted by atomic mass is 32.1. The lowest BCUT2D eigenvalue weighted by Gasteiger charge is -2.05. The monoisotopic (exact) mass is 376 g/mol. The second-order valence-electron chi connectivity index (χ2n) is 5.51. The Morgan fingerprint density at radius 3 is 3.08 bits per heavy atom. The first-order valence-corrected chi connectivity index (χ1v) is 10.3. The van der Waals surface area contributed by atoms with E-state index >= 15 is 0 Å². The van der Waals surface area contributed by atoms with E-state index in [1.54, 1.807) is 22.7 Å². The van der Waals surface area contributed by atoms with Gasteiger partial charge in [0.2, 0.25) is 0 Å². The summed E-state index contributed by atoms with van der Waals surface area (Å²) >= 11 is 4.81. The van der Waals surface area contributed by atoms with Crippen molar-refractivity contribution in [1.29, 1.82) is 0 Å².